The Kier molecular flexibility index (Phi) is 7.47. The number of thiazole rings is 1. The molecule has 0 saturated carbocycles. The molecule has 2 aromatic heterocycles. The van der Waals surface area contributed by atoms with Gasteiger partial charge in [-0.25, -0.2) is 4.98 Å². The number of β-lactam (4-membered cyclic amide) rings is 1. The van der Waals surface area contributed by atoms with E-state index in [0.717, 1.165) is 30.6 Å². The smallest absolute Gasteiger partial charge is 0.276 e. The van der Waals surface area contributed by atoms with Crippen LogP contribution in [-0.2, 0) is 38.6 Å². The number of nitrogens with zero attached hydrogens (tertiary/aromatic N) is 4. The molecule has 3 aliphatic rings. The fourth-order valence-corrected chi connectivity index (χ4v) is 6.71. The van der Waals surface area contributed by atoms with Gasteiger partial charge in [0.2, 0.25) is 0 Å². The zero-order valence-corrected chi connectivity index (χ0v) is 22.2. The van der Waals surface area contributed by atoms with Crippen molar-refractivity contribution in [3.8, 4) is 0 Å². The van der Waals surface area contributed by atoms with Crippen LogP contribution in [0, 0.1) is 0 Å². The first kappa shape index (κ1) is 25.9. The number of carbonyl (C=O) groups is 3. The molecular weight excluding hydrogens is 528 g/mol. The van der Waals surface area contributed by atoms with E-state index in [1.807, 2.05) is 18.3 Å². The summed E-state index contributed by atoms with van der Waals surface area (Å²) in [4.78, 5) is 48.4. The van der Waals surface area contributed by atoms with Gasteiger partial charge in [0.25, 0.3) is 11.8 Å². The molecule has 0 unspecified atom stereocenters. The maximum absolute atomic E-state index is 13.0. The summed E-state index contributed by atoms with van der Waals surface area (Å²) in [6.45, 7) is 0.590. The number of hydrogen-bond acceptors (Lipinski definition) is 10. The van der Waals surface area contributed by atoms with Crippen LogP contribution >= 0.6 is 23.1 Å². The quantitative estimate of drug-likeness (QED) is 0.199. The number of rotatable bonds is 8. The number of aryl methyl sites for hydroxylation is 1. The van der Waals surface area contributed by atoms with E-state index in [4.69, 9.17) is 10.6 Å². The minimum Gasteiger partial charge on any atom is -0.543 e. The molecule has 3 N–H and O–H groups in total. The van der Waals surface area contributed by atoms with Crippen molar-refractivity contribution in [3.05, 3.63) is 63.4 Å². The van der Waals surface area contributed by atoms with E-state index in [2.05, 4.69) is 26.1 Å². The molecule has 1 fully saturated rings. The summed E-state index contributed by atoms with van der Waals surface area (Å²) >= 11 is 2.45. The Labute approximate surface area is 227 Å². The van der Waals surface area contributed by atoms with E-state index in [-0.39, 0.29) is 22.2 Å². The number of aliphatic carboxylic acids is 1. The summed E-state index contributed by atoms with van der Waals surface area (Å²) in [5.41, 5.74) is 8.22. The van der Waals surface area contributed by atoms with Crippen LogP contribution in [0.25, 0.3) is 0 Å². The number of amides is 2. The molecule has 0 spiro atoms. The molecule has 5 rings (SSSR count). The molecule has 198 valence electrons. The fourth-order valence-electron chi connectivity index (χ4n) is 4.96. The van der Waals surface area contributed by atoms with Gasteiger partial charge in [0.15, 0.2) is 29.3 Å². The third kappa shape index (κ3) is 4.90. The molecule has 0 aromatic carbocycles. The molecule has 1 saturated heterocycles. The number of allylic oxidation sites excluding steroid dienone is 2. The topological polar surface area (TPSA) is 154 Å². The average molecular weight is 555 g/mol. The lowest BCUT2D eigenvalue weighted by molar-refractivity contribution is -0.695. The maximum Gasteiger partial charge on any atom is 0.276 e. The van der Waals surface area contributed by atoms with Crippen LogP contribution in [0.5, 0.6) is 0 Å². The Morgan fingerprint density at radius 2 is 2.21 bits per heavy atom. The normalized spacial score (nSPS) is 21.1. The lowest BCUT2D eigenvalue weighted by Crippen LogP contribution is -2.73. The Morgan fingerprint density at radius 3 is 2.95 bits per heavy atom. The summed E-state index contributed by atoms with van der Waals surface area (Å²) in [7, 11) is 1.29. The molecule has 4 heterocycles. The highest BCUT2D eigenvalue weighted by molar-refractivity contribution is 8.03. The van der Waals surface area contributed by atoms with Crippen molar-refractivity contribution in [1.29, 1.82) is 0 Å². The van der Waals surface area contributed by atoms with Crippen LogP contribution < -0.4 is 20.7 Å². The number of nitrogens with one attached hydrogen (secondary N) is 1. The highest BCUT2D eigenvalue weighted by Gasteiger charge is 2.52. The minimum atomic E-state index is -1.44. The number of carboxylic acid groups (broad SMARTS) is 1. The van der Waals surface area contributed by atoms with Crippen molar-refractivity contribution in [3.63, 3.8) is 0 Å². The number of nitrogens with two attached hydrogens (primary N) is 1. The Balaban J connectivity index is 1.31. The second-order valence-electron chi connectivity index (χ2n) is 8.97. The lowest BCUT2D eigenvalue weighted by atomic mass is 9.94. The summed E-state index contributed by atoms with van der Waals surface area (Å²) < 4.78 is 2.18. The molecular formula is C25H26N6O5S2. The first-order valence-electron chi connectivity index (χ1n) is 12.1. The summed E-state index contributed by atoms with van der Waals surface area (Å²) in [5, 5.41) is 20.2. The van der Waals surface area contributed by atoms with Gasteiger partial charge in [-0.15, -0.1) is 23.1 Å². The van der Waals surface area contributed by atoms with Crippen molar-refractivity contribution in [2.45, 2.75) is 44.3 Å². The zero-order valence-electron chi connectivity index (χ0n) is 20.6. The van der Waals surface area contributed by atoms with E-state index < -0.39 is 29.9 Å². The standard InChI is InChI=1S/C25H26N6O5S2/c1-36-29-19(15-12-38-25(26)27-15)22(32)28-20-17-13-37-18(21(24(34)35)31(17)23(20)33)9-5-11-30-10-4-7-14-6-2-3-8-16(14)30/h4-5,7,9-10,12,17,20H,2-3,6,8,11,13H2,1H3,(H3-,26,27,28,32,34,35)/b9-5+,29-19?/t17-,20+/m1/s1. The molecule has 2 aliphatic heterocycles. The van der Waals surface area contributed by atoms with Crippen LogP contribution in [0.2, 0.25) is 0 Å². The number of oxime groups is 1. The molecule has 2 aromatic rings. The molecule has 13 heteroatoms. The van der Waals surface area contributed by atoms with Crippen molar-refractivity contribution in [1.82, 2.24) is 15.2 Å². The van der Waals surface area contributed by atoms with Gasteiger partial charge in [0.05, 0.1) is 17.7 Å². The number of thioether (sulfide) groups is 1. The fraction of sp³-hybridized carbons (Fsp3) is 0.360. The second kappa shape index (κ2) is 11.0. The molecule has 2 atom stereocenters. The number of carbonyl (C=O) groups excluding carboxylic acids is 3. The zero-order chi connectivity index (χ0) is 26.8. The number of carboxylic acids is 1. The largest absolute Gasteiger partial charge is 0.543 e. The van der Waals surface area contributed by atoms with Crippen LogP contribution in [0.4, 0.5) is 5.13 Å². The second-order valence-corrected chi connectivity index (χ2v) is 10.9. The SMILES string of the molecule is CON=C(C(=O)N[C@@H]1C(=O)N2C(C(=O)[O-])=C(/C=C/C[n+]3cccc4c3CCCC4)SC[C@H]12)c1csc(N)n1. The van der Waals surface area contributed by atoms with E-state index in [9.17, 15) is 19.5 Å². The van der Waals surface area contributed by atoms with Crippen LogP contribution in [0.1, 0.15) is 29.8 Å². The van der Waals surface area contributed by atoms with Crippen molar-refractivity contribution < 1.29 is 28.9 Å². The predicted molar refractivity (Wildman–Crippen MR) is 140 cm³/mol. The molecule has 0 radical (unpaired) electrons. The van der Waals surface area contributed by atoms with Gasteiger partial charge in [-0.1, -0.05) is 5.16 Å². The van der Waals surface area contributed by atoms with E-state index in [0.29, 0.717) is 17.2 Å². The van der Waals surface area contributed by atoms with Gasteiger partial charge in [-0.3, -0.25) is 9.59 Å². The molecule has 11 nitrogen and oxygen atoms in total. The number of nitrogen functional groups attached to an aromatic ring is 1. The molecule has 1 aliphatic carbocycles. The van der Waals surface area contributed by atoms with Crippen LogP contribution in [-0.4, -0.2) is 58.3 Å². The highest BCUT2D eigenvalue weighted by atomic mass is 32.2. The number of fused-ring (bicyclic) bond motifs is 2. The van der Waals surface area contributed by atoms with Crippen molar-refractivity contribution >= 4 is 51.7 Å². The summed E-state index contributed by atoms with van der Waals surface area (Å²) in [5.74, 6) is -2.24. The van der Waals surface area contributed by atoms with Gasteiger partial charge in [0.1, 0.15) is 18.8 Å². The van der Waals surface area contributed by atoms with Crippen molar-refractivity contribution in [2.75, 3.05) is 18.6 Å². The van der Waals surface area contributed by atoms with Gasteiger partial charge in [-0.2, -0.15) is 4.57 Å². The number of anilines is 1. The first-order chi connectivity index (χ1) is 18.4. The van der Waals surface area contributed by atoms with Crippen molar-refractivity contribution in [2.24, 2.45) is 5.16 Å². The van der Waals surface area contributed by atoms with Gasteiger partial charge >= 0.3 is 0 Å². The third-order valence-corrected chi connectivity index (χ3v) is 8.53. The minimum absolute atomic E-state index is 0.130. The Morgan fingerprint density at radius 1 is 1.39 bits per heavy atom. The molecule has 2 amide bonds. The number of pyridine rings is 1. The summed E-state index contributed by atoms with van der Waals surface area (Å²) in [6, 6.07) is 2.73. The Bertz CT molecular complexity index is 1380. The Hall–Kier alpha value is -3.71. The first-order valence-corrected chi connectivity index (χ1v) is 14.0. The molecule has 38 heavy (non-hydrogen) atoms. The average Bonchev–Trinajstić information content (AvgIpc) is 3.35. The molecule has 0 bridgehead atoms. The van der Waals surface area contributed by atoms with E-state index in [1.165, 1.54) is 41.4 Å². The van der Waals surface area contributed by atoms with Gasteiger partial charge in [0, 0.05) is 34.1 Å². The van der Waals surface area contributed by atoms with Gasteiger partial charge in [-0.05, 0) is 37.5 Å². The maximum atomic E-state index is 13.0. The monoisotopic (exact) mass is 554 g/mol. The van der Waals surface area contributed by atoms with E-state index in [1.54, 1.807) is 11.5 Å². The highest BCUT2D eigenvalue weighted by Crippen LogP contribution is 2.39. The predicted octanol–water partition coefficient (Wildman–Crippen LogP) is -0.0976. The van der Waals surface area contributed by atoms with E-state index >= 15 is 0 Å². The van der Waals surface area contributed by atoms with Crippen LogP contribution in [0.15, 0.2) is 51.6 Å². The third-order valence-electron chi connectivity index (χ3n) is 6.71. The number of hydrogen-bond donors (Lipinski definition) is 2. The van der Waals surface area contributed by atoms with Crippen LogP contribution in [0.3, 0.4) is 0 Å². The van der Waals surface area contributed by atoms with Gasteiger partial charge < -0.3 is 30.7 Å². The lowest BCUT2D eigenvalue weighted by Gasteiger charge is -2.50. The summed E-state index contributed by atoms with van der Waals surface area (Å²) in [6.07, 6.45) is 10.1. The number of aromatic nitrogens is 2.